The number of nitrogens with zero attached hydrogens (tertiary/aromatic N) is 2. The van der Waals surface area contributed by atoms with Gasteiger partial charge >= 0.3 is 0 Å². The van der Waals surface area contributed by atoms with Gasteiger partial charge in [-0.25, -0.2) is 0 Å². The summed E-state index contributed by atoms with van der Waals surface area (Å²) < 4.78 is 16.7. The predicted molar refractivity (Wildman–Crippen MR) is 130 cm³/mol. The van der Waals surface area contributed by atoms with Crippen LogP contribution < -0.4 is 14.8 Å². The van der Waals surface area contributed by atoms with Gasteiger partial charge in [0.15, 0.2) is 17.3 Å². The van der Waals surface area contributed by atoms with E-state index in [9.17, 15) is 14.4 Å². The minimum absolute atomic E-state index is 0.146. The van der Waals surface area contributed by atoms with E-state index in [2.05, 4.69) is 5.32 Å². The molecular formula is C27H27N3O6. The number of para-hydroxylation sites is 2. The number of rotatable bonds is 6. The molecule has 0 aliphatic carbocycles. The van der Waals surface area contributed by atoms with Gasteiger partial charge < -0.3 is 29.0 Å². The molecule has 3 amide bonds. The second-order valence-electron chi connectivity index (χ2n) is 8.71. The first-order valence-electron chi connectivity index (χ1n) is 11.9. The molecule has 9 heteroatoms. The van der Waals surface area contributed by atoms with Crippen LogP contribution in [0.25, 0.3) is 0 Å². The van der Waals surface area contributed by atoms with E-state index in [1.54, 1.807) is 34.1 Å². The molecule has 2 atom stereocenters. The quantitative estimate of drug-likeness (QED) is 0.569. The fourth-order valence-electron chi connectivity index (χ4n) is 4.40. The van der Waals surface area contributed by atoms with Crippen molar-refractivity contribution in [2.75, 3.05) is 32.8 Å². The van der Waals surface area contributed by atoms with Crippen LogP contribution in [0.5, 0.6) is 11.5 Å². The van der Waals surface area contributed by atoms with Crippen molar-refractivity contribution in [1.29, 1.82) is 0 Å². The number of piperazine rings is 1. The summed E-state index contributed by atoms with van der Waals surface area (Å²) in [5, 5.41) is 2.82. The number of furan rings is 1. The fraction of sp³-hybridized carbons (Fsp3) is 0.296. The van der Waals surface area contributed by atoms with Crippen LogP contribution in [-0.2, 0) is 16.0 Å². The first-order valence-corrected chi connectivity index (χ1v) is 11.9. The number of benzene rings is 2. The molecule has 0 spiro atoms. The third-order valence-corrected chi connectivity index (χ3v) is 6.32. The van der Waals surface area contributed by atoms with Crippen LogP contribution in [0.2, 0.25) is 0 Å². The van der Waals surface area contributed by atoms with Crippen molar-refractivity contribution in [2.24, 2.45) is 0 Å². The predicted octanol–water partition coefficient (Wildman–Crippen LogP) is 2.13. The highest BCUT2D eigenvalue weighted by Crippen LogP contribution is 2.31. The van der Waals surface area contributed by atoms with Crippen LogP contribution in [0.3, 0.4) is 0 Å². The molecular weight excluding hydrogens is 462 g/mol. The smallest absolute Gasteiger partial charge is 0.287 e. The summed E-state index contributed by atoms with van der Waals surface area (Å²) in [4.78, 5) is 42.5. The van der Waals surface area contributed by atoms with Gasteiger partial charge in [0.25, 0.3) is 11.8 Å². The second kappa shape index (κ2) is 10.6. The summed E-state index contributed by atoms with van der Waals surface area (Å²) in [7, 11) is 0. The minimum Gasteiger partial charge on any atom is -0.485 e. The van der Waals surface area contributed by atoms with Crippen LogP contribution in [0.4, 0.5) is 0 Å². The van der Waals surface area contributed by atoms with E-state index < -0.39 is 18.1 Å². The molecule has 3 aromatic rings. The van der Waals surface area contributed by atoms with Crippen molar-refractivity contribution in [3.8, 4) is 11.5 Å². The standard InChI is InChI=1S/C27H27N3O6/c31-25(23-11-6-16-34-23)28-20(17-19-7-2-1-3-8-19)26(32)29-12-14-30(15-13-29)27(33)24-18-35-21-9-4-5-10-22(21)36-24/h1-11,16,20,24H,12-15,17-18H2,(H,28,31)/t20-,24-/m1/s1. The first kappa shape index (κ1) is 23.5. The third-order valence-electron chi connectivity index (χ3n) is 6.32. The van der Waals surface area contributed by atoms with Gasteiger partial charge in [-0.3, -0.25) is 14.4 Å². The van der Waals surface area contributed by atoms with Gasteiger partial charge in [-0.2, -0.15) is 0 Å². The van der Waals surface area contributed by atoms with Gasteiger partial charge in [-0.15, -0.1) is 0 Å². The van der Waals surface area contributed by atoms with E-state index in [0.29, 0.717) is 44.1 Å². The monoisotopic (exact) mass is 489 g/mol. The summed E-state index contributed by atoms with van der Waals surface area (Å²) in [6, 6.07) is 19.2. The summed E-state index contributed by atoms with van der Waals surface area (Å²) in [5.41, 5.74) is 0.930. The molecule has 5 rings (SSSR count). The molecule has 1 fully saturated rings. The van der Waals surface area contributed by atoms with Crippen LogP contribution in [0, 0.1) is 0 Å². The van der Waals surface area contributed by atoms with Crippen molar-refractivity contribution in [3.05, 3.63) is 84.3 Å². The number of nitrogens with one attached hydrogen (secondary N) is 1. The molecule has 0 unspecified atom stereocenters. The number of amides is 3. The van der Waals surface area contributed by atoms with Crippen molar-refractivity contribution in [3.63, 3.8) is 0 Å². The summed E-state index contributed by atoms with van der Waals surface area (Å²) in [6.07, 6.45) is 1.04. The zero-order valence-corrected chi connectivity index (χ0v) is 19.7. The number of hydrogen-bond donors (Lipinski definition) is 1. The average molecular weight is 490 g/mol. The Morgan fingerprint density at radius 2 is 1.56 bits per heavy atom. The highest BCUT2D eigenvalue weighted by atomic mass is 16.6. The van der Waals surface area contributed by atoms with Crippen LogP contribution >= 0.6 is 0 Å². The highest BCUT2D eigenvalue weighted by molar-refractivity contribution is 5.95. The van der Waals surface area contributed by atoms with Crippen molar-refractivity contribution < 1.29 is 28.3 Å². The Hall–Kier alpha value is -4.27. The van der Waals surface area contributed by atoms with E-state index in [1.165, 1.54) is 6.26 Å². The first-order chi connectivity index (χ1) is 17.6. The zero-order chi connectivity index (χ0) is 24.9. The molecule has 0 bridgehead atoms. The Morgan fingerprint density at radius 1 is 0.861 bits per heavy atom. The Morgan fingerprint density at radius 3 is 2.28 bits per heavy atom. The molecule has 3 heterocycles. The van der Waals surface area contributed by atoms with Gasteiger partial charge in [0.05, 0.1) is 6.26 Å². The summed E-state index contributed by atoms with van der Waals surface area (Å²) >= 11 is 0. The van der Waals surface area contributed by atoms with Gasteiger partial charge in [0.1, 0.15) is 12.6 Å². The molecule has 1 aromatic heterocycles. The Kier molecular flexibility index (Phi) is 6.88. The lowest BCUT2D eigenvalue weighted by atomic mass is 10.0. The lowest BCUT2D eigenvalue weighted by molar-refractivity contribution is -0.146. The molecule has 9 nitrogen and oxygen atoms in total. The summed E-state index contributed by atoms with van der Waals surface area (Å²) in [5.74, 6) is 0.510. The number of hydrogen-bond acceptors (Lipinski definition) is 6. The topological polar surface area (TPSA) is 101 Å². The highest BCUT2D eigenvalue weighted by Gasteiger charge is 2.35. The molecule has 2 aliphatic rings. The number of fused-ring (bicyclic) bond motifs is 1. The van der Waals surface area contributed by atoms with E-state index in [0.717, 1.165) is 5.56 Å². The zero-order valence-electron chi connectivity index (χ0n) is 19.7. The van der Waals surface area contributed by atoms with Crippen LogP contribution in [0.1, 0.15) is 16.1 Å². The van der Waals surface area contributed by atoms with E-state index in [-0.39, 0.29) is 24.2 Å². The van der Waals surface area contributed by atoms with E-state index in [1.807, 2.05) is 42.5 Å². The average Bonchev–Trinajstić information content (AvgIpc) is 3.48. The molecule has 0 radical (unpaired) electrons. The Labute approximate surface area is 208 Å². The van der Waals surface area contributed by atoms with Gasteiger partial charge in [-0.1, -0.05) is 42.5 Å². The lowest BCUT2D eigenvalue weighted by Crippen LogP contribution is -2.58. The molecule has 36 heavy (non-hydrogen) atoms. The lowest BCUT2D eigenvalue weighted by Gasteiger charge is -2.38. The fourth-order valence-corrected chi connectivity index (χ4v) is 4.40. The molecule has 2 aliphatic heterocycles. The van der Waals surface area contributed by atoms with Crippen molar-refractivity contribution in [2.45, 2.75) is 18.6 Å². The molecule has 1 N–H and O–H groups in total. The third kappa shape index (κ3) is 5.19. The summed E-state index contributed by atoms with van der Waals surface area (Å²) in [6.45, 7) is 1.60. The second-order valence-corrected chi connectivity index (χ2v) is 8.71. The van der Waals surface area contributed by atoms with Gasteiger partial charge in [0.2, 0.25) is 12.0 Å². The van der Waals surface area contributed by atoms with Crippen molar-refractivity contribution >= 4 is 17.7 Å². The Bertz CT molecular complexity index is 1210. The van der Waals surface area contributed by atoms with Gasteiger partial charge in [0, 0.05) is 32.6 Å². The molecule has 2 aromatic carbocycles. The number of carbonyl (C=O) groups is 3. The minimum atomic E-state index is -0.765. The number of carbonyl (C=O) groups excluding carboxylic acids is 3. The Balaban J connectivity index is 1.21. The van der Waals surface area contributed by atoms with Crippen LogP contribution in [-0.4, -0.2) is 72.5 Å². The molecule has 186 valence electrons. The molecule has 1 saturated heterocycles. The van der Waals surface area contributed by atoms with Crippen molar-refractivity contribution in [1.82, 2.24) is 15.1 Å². The molecule has 0 saturated carbocycles. The number of ether oxygens (including phenoxy) is 2. The SMILES string of the molecule is O=C(N[C@H](Cc1ccccc1)C(=O)N1CCN(C(=O)[C@H]2COc3ccccc3O2)CC1)c1ccco1. The largest absolute Gasteiger partial charge is 0.485 e. The van der Waals surface area contributed by atoms with E-state index >= 15 is 0 Å². The normalized spacial score (nSPS) is 17.8. The maximum atomic E-state index is 13.5. The maximum absolute atomic E-state index is 13.5. The maximum Gasteiger partial charge on any atom is 0.287 e. The van der Waals surface area contributed by atoms with Crippen LogP contribution in [0.15, 0.2) is 77.4 Å². The van der Waals surface area contributed by atoms with E-state index in [4.69, 9.17) is 13.9 Å². The van der Waals surface area contributed by atoms with Gasteiger partial charge in [-0.05, 0) is 29.8 Å².